The second-order valence-corrected chi connectivity index (χ2v) is 4.69. The van der Waals surface area contributed by atoms with Crippen molar-refractivity contribution in [2.24, 2.45) is 0 Å². The molecule has 0 spiro atoms. The molecule has 2 aromatic carbocycles. The maximum absolute atomic E-state index is 13.2. The van der Waals surface area contributed by atoms with Gasteiger partial charge in [0.2, 0.25) is 0 Å². The highest BCUT2D eigenvalue weighted by atomic mass is 35.5. The number of hydrogen-bond donors (Lipinski definition) is 1. The van der Waals surface area contributed by atoms with E-state index in [0.29, 0.717) is 27.1 Å². The molecular weight excluding hydrogens is 274 g/mol. The molecular formula is C13H11Cl2FN2. The molecule has 0 radical (unpaired) electrons. The van der Waals surface area contributed by atoms with Crippen LogP contribution >= 0.6 is 23.2 Å². The van der Waals surface area contributed by atoms with Crippen molar-refractivity contribution in [1.29, 1.82) is 0 Å². The summed E-state index contributed by atoms with van der Waals surface area (Å²) in [5.41, 5.74) is 7.38. The Bertz CT molecular complexity index is 564. The molecule has 0 aliphatic rings. The lowest BCUT2D eigenvalue weighted by molar-refractivity contribution is 0.628. The summed E-state index contributed by atoms with van der Waals surface area (Å²) in [5.74, 6) is -0.318. The average Bonchev–Trinajstić information content (AvgIpc) is 2.27. The van der Waals surface area contributed by atoms with Gasteiger partial charge in [0.05, 0.1) is 15.7 Å². The van der Waals surface area contributed by atoms with Gasteiger partial charge in [-0.25, -0.2) is 4.39 Å². The van der Waals surface area contributed by atoms with Crippen LogP contribution in [-0.2, 0) is 0 Å². The molecule has 2 N–H and O–H groups in total. The van der Waals surface area contributed by atoms with Crippen LogP contribution < -0.4 is 10.6 Å². The number of nitrogen functional groups attached to an aromatic ring is 1. The van der Waals surface area contributed by atoms with E-state index in [1.807, 2.05) is 0 Å². The minimum Gasteiger partial charge on any atom is -0.399 e. The van der Waals surface area contributed by atoms with E-state index in [1.54, 1.807) is 36.2 Å². The summed E-state index contributed by atoms with van der Waals surface area (Å²) in [5, 5.41) is 0.846. The maximum Gasteiger partial charge on any atom is 0.125 e. The van der Waals surface area contributed by atoms with Gasteiger partial charge in [0.1, 0.15) is 5.82 Å². The fourth-order valence-electron chi connectivity index (χ4n) is 1.72. The van der Waals surface area contributed by atoms with E-state index in [1.165, 1.54) is 12.1 Å². The molecule has 0 aromatic heterocycles. The Morgan fingerprint density at radius 2 is 1.72 bits per heavy atom. The predicted octanol–water partition coefficient (Wildman–Crippen LogP) is 4.48. The van der Waals surface area contributed by atoms with Gasteiger partial charge in [-0.1, -0.05) is 29.3 Å². The van der Waals surface area contributed by atoms with E-state index in [9.17, 15) is 4.39 Å². The minimum absolute atomic E-state index is 0.318. The van der Waals surface area contributed by atoms with Crippen molar-refractivity contribution < 1.29 is 4.39 Å². The number of nitrogens with zero attached hydrogens (tertiary/aromatic N) is 1. The molecule has 0 amide bonds. The number of nitrogens with two attached hydrogens (primary N) is 1. The summed E-state index contributed by atoms with van der Waals surface area (Å²) in [7, 11) is 1.76. The molecule has 0 unspecified atom stereocenters. The molecule has 2 rings (SSSR count). The van der Waals surface area contributed by atoms with Crippen LogP contribution in [0.4, 0.5) is 21.5 Å². The van der Waals surface area contributed by atoms with Crippen molar-refractivity contribution in [3.63, 3.8) is 0 Å². The molecule has 0 heterocycles. The van der Waals surface area contributed by atoms with Crippen molar-refractivity contribution in [2.75, 3.05) is 17.7 Å². The Labute approximate surface area is 115 Å². The molecule has 0 aliphatic carbocycles. The number of halogens is 3. The molecule has 2 aromatic rings. The first-order chi connectivity index (χ1) is 8.49. The quantitative estimate of drug-likeness (QED) is 0.824. The Morgan fingerprint density at radius 3 is 2.28 bits per heavy atom. The highest BCUT2D eigenvalue weighted by molar-refractivity contribution is 6.39. The number of hydrogen-bond acceptors (Lipinski definition) is 2. The number of rotatable bonds is 2. The number of benzene rings is 2. The standard InChI is InChI=1S/C13H11Cl2FN2/c1-18(10-4-2-3-8(16)5-10)13-11(14)6-9(17)7-12(13)15/h2-7H,17H2,1H3. The summed E-state index contributed by atoms with van der Waals surface area (Å²) in [6.45, 7) is 0. The molecule has 0 saturated carbocycles. The first kappa shape index (κ1) is 13.0. The summed E-state index contributed by atoms with van der Waals surface area (Å²) in [6.07, 6.45) is 0. The molecule has 0 bridgehead atoms. The summed E-state index contributed by atoms with van der Waals surface area (Å²) < 4.78 is 13.2. The molecule has 0 aliphatic heterocycles. The highest BCUT2D eigenvalue weighted by Gasteiger charge is 2.13. The first-order valence-electron chi connectivity index (χ1n) is 5.23. The molecule has 18 heavy (non-hydrogen) atoms. The van der Waals surface area contributed by atoms with Gasteiger partial charge in [-0.05, 0) is 30.3 Å². The fourth-order valence-corrected chi connectivity index (χ4v) is 2.48. The predicted molar refractivity (Wildman–Crippen MR) is 75.3 cm³/mol. The van der Waals surface area contributed by atoms with Gasteiger partial charge in [0.15, 0.2) is 0 Å². The minimum atomic E-state index is -0.318. The van der Waals surface area contributed by atoms with Gasteiger partial charge in [0, 0.05) is 18.4 Å². The van der Waals surface area contributed by atoms with E-state index in [2.05, 4.69) is 0 Å². The second kappa shape index (κ2) is 5.04. The summed E-state index contributed by atoms with van der Waals surface area (Å²) in [6, 6.07) is 9.40. The molecule has 94 valence electrons. The Balaban J connectivity index is 2.49. The highest BCUT2D eigenvalue weighted by Crippen LogP contribution is 2.38. The van der Waals surface area contributed by atoms with Crippen LogP contribution in [0.15, 0.2) is 36.4 Å². The van der Waals surface area contributed by atoms with E-state index >= 15 is 0 Å². The van der Waals surface area contributed by atoms with Crippen LogP contribution in [0.5, 0.6) is 0 Å². The van der Waals surface area contributed by atoms with Crippen molar-refractivity contribution in [2.45, 2.75) is 0 Å². The lowest BCUT2D eigenvalue weighted by Crippen LogP contribution is -2.11. The van der Waals surface area contributed by atoms with E-state index in [-0.39, 0.29) is 5.82 Å². The topological polar surface area (TPSA) is 29.3 Å². The van der Waals surface area contributed by atoms with Crippen molar-refractivity contribution >= 4 is 40.3 Å². The van der Waals surface area contributed by atoms with Crippen LogP contribution in [0, 0.1) is 5.82 Å². The SMILES string of the molecule is CN(c1cccc(F)c1)c1c(Cl)cc(N)cc1Cl. The third-order valence-electron chi connectivity index (χ3n) is 2.57. The molecule has 2 nitrogen and oxygen atoms in total. The van der Waals surface area contributed by atoms with E-state index < -0.39 is 0 Å². The molecule has 5 heteroatoms. The van der Waals surface area contributed by atoms with Gasteiger partial charge in [-0.3, -0.25) is 0 Å². The Morgan fingerprint density at radius 1 is 1.11 bits per heavy atom. The van der Waals surface area contributed by atoms with E-state index in [4.69, 9.17) is 28.9 Å². The second-order valence-electron chi connectivity index (χ2n) is 3.87. The first-order valence-corrected chi connectivity index (χ1v) is 5.98. The van der Waals surface area contributed by atoms with Gasteiger partial charge in [0.25, 0.3) is 0 Å². The van der Waals surface area contributed by atoms with Crippen LogP contribution in [-0.4, -0.2) is 7.05 Å². The average molecular weight is 285 g/mol. The summed E-state index contributed by atoms with van der Waals surface area (Å²) in [4.78, 5) is 1.72. The van der Waals surface area contributed by atoms with Gasteiger partial charge in [-0.2, -0.15) is 0 Å². The lowest BCUT2D eigenvalue weighted by atomic mass is 10.2. The molecule has 0 fully saturated rings. The van der Waals surface area contributed by atoms with Crippen LogP contribution in [0.1, 0.15) is 0 Å². The van der Waals surface area contributed by atoms with Crippen LogP contribution in [0.2, 0.25) is 10.0 Å². The van der Waals surface area contributed by atoms with Gasteiger partial charge in [-0.15, -0.1) is 0 Å². The Kier molecular flexibility index (Phi) is 3.64. The lowest BCUT2D eigenvalue weighted by Gasteiger charge is -2.22. The zero-order chi connectivity index (χ0) is 13.3. The monoisotopic (exact) mass is 284 g/mol. The number of anilines is 3. The van der Waals surface area contributed by atoms with Gasteiger partial charge >= 0.3 is 0 Å². The Hall–Kier alpha value is -1.45. The van der Waals surface area contributed by atoms with Crippen molar-refractivity contribution in [3.05, 3.63) is 52.3 Å². The van der Waals surface area contributed by atoms with Gasteiger partial charge < -0.3 is 10.6 Å². The van der Waals surface area contributed by atoms with Crippen LogP contribution in [0.3, 0.4) is 0 Å². The largest absolute Gasteiger partial charge is 0.399 e. The molecule has 0 atom stereocenters. The zero-order valence-corrected chi connectivity index (χ0v) is 11.1. The zero-order valence-electron chi connectivity index (χ0n) is 9.62. The van der Waals surface area contributed by atoms with Crippen molar-refractivity contribution in [3.8, 4) is 0 Å². The smallest absolute Gasteiger partial charge is 0.125 e. The van der Waals surface area contributed by atoms with Crippen molar-refractivity contribution in [1.82, 2.24) is 0 Å². The third kappa shape index (κ3) is 2.52. The molecule has 0 saturated heterocycles. The third-order valence-corrected chi connectivity index (χ3v) is 3.15. The fraction of sp³-hybridized carbons (Fsp3) is 0.0769. The van der Waals surface area contributed by atoms with Crippen LogP contribution in [0.25, 0.3) is 0 Å². The normalized spacial score (nSPS) is 10.4. The maximum atomic E-state index is 13.2. The summed E-state index contributed by atoms with van der Waals surface area (Å²) >= 11 is 12.2. The van der Waals surface area contributed by atoms with E-state index in [0.717, 1.165) is 0 Å².